The standard InChI is InChI=1S/C21H34N2O2/c1-16(17-10-6-5-7-11-17)14-18(19-12-8-9-13-22-19)15-23-20(24)25-21(2,3)4/h5-7,10-11,16,18-19,22H,8-9,12-15H2,1-4H3,(H,23,24)/t16-,18+,19-/m0/s1. The van der Waals surface area contributed by atoms with Gasteiger partial charge >= 0.3 is 6.09 Å². The molecule has 0 aromatic heterocycles. The Labute approximate surface area is 152 Å². The molecule has 1 aromatic carbocycles. The van der Waals surface area contributed by atoms with Crippen molar-refractivity contribution in [3.05, 3.63) is 35.9 Å². The minimum absolute atomic E-state index is 0.319. The molecule has 1 saturated heterocycles. The largest absolute Gasteiger partial charge is 0.444 e. The molecule has 1 amide bonds. The normalized spacial score (nSPS) is 20.6. The van der Waals surface area contributed by atoms with Gasteiger partial charge in [0.1, 0.15) is 5.60 Å². The van der Waals surface area contributed by atoms with E-state index < -0.39 is 5.60 Å². The third-order valence-electron chi connectivity index (χ3n) is 4.85. The lowest BCUT2D eigenvalue weighted by atomic mass is 9.83. The molecule has 140 valence electrons. The first-order chi connectivity index (χ1) is 11.8. The van der Waals surface area contributed by atoms with Crippen LogP contribution >= 0.6 is 0 Å². The SMILES string of the molecule is C[C@@H](C[C@H](CNC(=O)OC(C)(C)C)[C@@H]1CCCCN1)c1ccccc1. The van der Waals surface area contributed by atoms with E-state index in [1.807, 2.05) is 20.8 Å². The van der Waals surface area contributed by atoms with Crippen molar-refractivity contribution in [3.8, 4) is 0 Å². The average Bonchev–Trinajstić information content (AvgIpc) is 2.58. The molecule has 1 aliphatic heterocycles. The summed E-state index contributed by atoms with van der Waals surface area (Å²) in [7, 11) is 0. The molecule has 2 N–H and O–H groups in total. The van der Waals surface area contributed by atoms with Crippen molar-refractivity contribution in [2.24, 2.45) is 5.92 Å². The number of amides is 1. The van der Waals surface area contributed by atoms with Crippen LogP contribution in [0, 0.1) is 5.92 Å². The molecule has 0 spiro atoms. The number of alkyl carbamates (subject to hydrolysis) is 1. The van der Waals surface area contributed by atoms with E-state index in [2.05, 4.69) is 47.9 Å². The molecular formula is C21H34N2O2. The maximum absolute atomic E-state index is 12.0. The Bertz CT molecular complexity index is 518. The van der Waals surface area contributed by atoms with Gasteiger partial charge in [0.15, 0.2) is 0 Å². The number of piperidine rings is 1. The van der Waals surface area contributed by atoms with Crippen LogP contribution in [0.1, 0.15) is 64.9 Å². The number of carbonyl (C=O) groups excluding carboxylic acids is 1. The second-order valence-corrected chi connectivity index (χ2v) is 8.25. The van der Waals surface area contributed by atoms with Crippen molar-refractivity contribution in [2.45, 2.75) is 70.9 Å². The predicted octanol–water partition coefficient (Wildman–Crippen LogP) is 4.46. The van der Waals surface area contributed by atoms with Crippen LogP contribution in [0.25, 0.3) is 0 Å². The molecule has 0 saturated carbocycles. The van der Waals surface area contributed by atoms with Crippen LogP contribution in [0.2, 0.25) is 0 Å². The monoisotopic (exact) mass is 346 g/mol. The zero-order valence-electron chi connectivity index (χ0n) is 16.2. The van der Waals surface area contributed by atoms with E-state index in [1.165, 1.54) is 24.8 Å². The molecule has 4 nitrogen and oxygen atoms in total. The Kier molecular flexibility index (Phi) is 7.30. The first-order valence-corrected chi connectivity index (χ1v) is 9.60. The van der Waals surface area contributed by atoms with Crippen molar-refractivity contribution in [1.82, 2.24) is 10.6 Å². The van der Waals surface area contributed by atoms with Gasteiger partial charge in [-0.1, -0.05) is 43.7 Å². The smallest absolute Gasteiger partial charge is 0.407 e. The van der Waals surface area contributed by atoms with Crippen molar-refractivity contribution in [2.75, 3.05) is 13.1 Å². The van der Waals surface area contributed by atoms with E-state index in [0.29, 0.717) is 24.4 Å². The van der Waals surface area contributed by atoms with Gasteiger partial charge in [-0.05, 0) is 64.0 Å². The van der Waals surface area contributed by atoms with Crippen molar-refractivity contribution in [3.63, 3.8) is 0 Å². The number of carbonyl (C=O) groups is 1. The van der Waals surface area contributed by atoms with Gasteiger partial charge in [-0.15, -0.1) is 0 Å². The third kappa shape index (κ3) is 7.07. The molecule has 1 fully saturated rings. The Hall–Kier alpha value is -1.55. The maximum atomic E-state index is 12.0. The summed E-state index contributed by atoms with van der Waals surface area (Å²) in [5.41, 5.74) is 0.903. The molecule has 0 bridgehead atoms. The van der Waals surface area contributed by atoms with E-state index >= 15 is 0 Å². The molecule has 0 aliphatic carbocycles. The fraction of sp³-hybridized carbons (Fsp3) is 0.667. The Morgan fingerprint density at radius 3 is 2.60 bits per heavy atom. The first kappa shape index (κ1) is 19.8. The zero-order valence-corrected chi connectivity index (χ0v) is 16.2. The van der Waals surface area contributed by atoms with Gasteiger partial charge in [-0.3, -0.25) is 0 Å². The Balaban J connectivity index is 1.96. The van der Waals surface area contributed by atoms with Crippen LogP contribution in [-0.4, -0.2) is 30.8 Å². The summed E-state index contributed by atoms with van der Waals surface area (Å²) in [5, 5.41) is 6.65. The molecule has 2 rings (SSSR count). The van der Waals surface area contributed by atoms with Crippen LogP contribution < -0.4 is 10.6 Å². The topological polar surface area (TPSA) is 50.4 Å². The van der Waals surface area contributed by atoms with Gasteiger partial charge in [0.25, 0.3) is 0 Å². The van der Waals surface area contributed by atoms with E-state index in [-0.39, 0.29) is 6.09 Å². The highest BCUT2D eigenvalue weighted by Crippen LogP contribution is 2.27. The second kappa shape index (κ2) is 9.23. The molecule has 25 heavy (non-hydrogen) atoms. The quantitative estimate of drug-likeness (QED) is 0.799. The van der Waals surface area contributed by atoms with Gasteiger partial charge in [0, 0.05) is 12.6 Å². The Morgan fingerprint density at radius 1 is 1.28 bits per heavy atom. The molecule has 0 radical (unpaired) electrons. The summed E-state index contributed by atoms with van der Waals surface area (Å²) in [6, 6.07) is 11.1. The summed E-state index contributed by atoms with van der Waals surface area (Å²) in [4.78, 5) is 12.0. The fourth-order valence-corrected chi connectivity index (χ4v) is 3.57. The van der Waals surface area contributed by atoms with Crippen molar-refractivity contribution in [1.29, 1.82) is 0 Å². The van der Waals surface area contributed by atoms with Crippen LogP contribution in [0.5, 0.6) is 0 Å². The lowest BCUT2D eigenvalue weighted by molar-refractivity contribution is 0.0512. The molecule has 1 aliphatic rings. The summed E-state index contributed by atoms with van der Waals surface area (Å²) >= 11 is 0. The van der Waals surface area contributed by atoms with Crippen LogP contribution in [0.3, 0.4) is 0 Å². The molecule has 0 unspecified atom stereocenters. The molecular weight excluding hydrogens is 312 g/mol. The lowest BCUT2D eigenvalue weighted by Gasteiger charge is -2.33. The molecule has 1 heterocycles. The van der Waals surface area contributed by atoms with Crippen molar-refractivity contribution < 1.29 is 9.53 Å². The summed E-state index contributed by atoms with van der Waals surface area (Å²) < 4.78 is 5.39. The average molecular weight is 347 g/mol. The molecule has 4 heteroatoms. The summed E-state index contributed by atoms with van der Waals surface area (Å²) in [6.45, 7) is 9.69. The first-order valence-electron chi connectivity index (χ1n) is 9.60. The van der Waals surface area contributed by atoms with Gasteiger partial charge in [-0.2, -0.15) is 0 Å². The van der Waals surface area contributed by atoms with Crippen LogP contribution in [0.15, 0.2) is 30.3 Å². The number of hydrogen-bond donors (Lipinski definition) is 2. The number of rotatable bonds is 6. The number of nitrogens with one attached hydrogen (secondary N) is 2. The van der Waals surface area contributed by atoms with E-state index in [9.17, 15) is 4.79 Å². The maximum Gasteiger partial charge on any atom is 0.407 e. The number of hydrogen-bond acceptors (Lipinski definition) is 3. The van der Waals surface area contributed by atoms with E-state index in [1.54, 1.807) is 0 Å². The van der Waals surface area contributed by atoms with E-state index in [0.717, 1.165) is 13.0 Å². The highest BCUT2D eigenvalue weighted by molar-refractivity contribution is 5.67. The van der Waals surface area contributed by atoms with Gasteiger partial charge in [0.05, 0.1) is 0 Å². The second-order valence-electron chi connectivity index (χ2n) is 8.25. The van der Waals surface area contributed by atoms with Gasteiger partial charge < -0.3 is 15.4 Å². The van der Waals surface area contributed by atoms with Crippen molar-refractivity contribution >= 4 is 6.09 Å². The minimum Gasteiger partial charge on any atom is -0.444 e. The lowest BCUT2D eigenvalue weighted by Crippen LogP contribution is -2.46. The van der Waals surface area contributed by atoms with Gasteiger partial charge in [-0.25, -0.2) is 4.79 Å². The summed E-state index contributed by atoms with van der Waals surface area (Å²) in [6.07, 6.45) is 4.43. The zero-order chi connectivity index (χ0) is 18.3. The number of ether oxygens (including phenoxy) is 1. The van der Waals surface area contributed by atoms with Gasteiger partial charge in [0.2, 0.25) is 0 Å². The highest BCUT2D eigenvalue weighted by atomic mass is 16.6. The Morgan fingerprint density at radius 2 is 2.00 bits per heavy atom. The molecule has 1 aromatic rings. The third-order valence-corrected chi connectivity index (χ3v) is 4.85. The fourth-order valence-electron chi connectivity index (χ4n) is 3.57. The predicted molar refractivity (Wildman–Crippen MR) is 103 cm³/mol. The summed E-state index contributed by atoms with van der Waals surface area (Å²) in [5.74, 6) is 0.874. The van der Waals surface area contributed by atoms with Crippen LogP contribution in [-0.2, 0) is 4.74 Å². The van der Waals surface area contributed by atoms with Crippen LogP contribution in [0.4, 0.5) is 4.79 Å². The number of benzene rings is 1. The highest BCUT2D eigenvalue weighted by Gasteiger charge is 2.26. The minimum atomic E-state index is -0.458. The van der Waals surface area contributed by atoms with E-state index in [4.69, 9.17) is 4.74 Å². The molecule has 3 atom stereocenters.